The largest absolute Gasteiger partial charge is 0.457 e. The van der Waals surface area contributed by atoms with Crippen LogP contribution >= 0.6 is 11.3 Å². The standard InChI is InChI=1S/C27H28N4O2S/c1-17-9-7-8-16-31(17)25-23-18(2)24(34-27(23)29-19(3)28-25)26(32)30-20-12-14-22(15-13-20)33-21-10-5-4-6-11-21/h4-6,10-15,17H,7-9,16H2,1-3H3,(H,30,32)/t17-/m0/s1. The second-order valence-corrected chi connectivity index (χ2v) is 9.76. The highest BCUT2D eigenvalue weighted by atomic mass is 32.1. The number of aryl methyl sites for hydroxylation is 2. The molecule has 174 valence electrons. The molecule has 7 heteroatoms. The molecule has 1 saturated heterocycles. The Morgan fingerprint density at radius 3 is 2.50 bits per heavy atom. The van der Waals surface area contributed by atoms with Gasteiger partial charge in [-0.2, -0.15) is 0 Å². The lowest BCUT2D eigenvalue weighted by atomic mass is 10.0. The molecule has 0 radical (unpaired) electrons. The van der Waals surface area contributed by atoms with E-state index in [1.54, 1.807) is 0 Å². The Morgan fingerprint density at radius 1 is 1.03 bits per heavy atom. The van der Waals surface area contributed by atoms with Gasteiger partial charge < -0.3 is 15.0 Å². The fourth-order valence-electron chi connectivity index (χ4n) is 4.48. The predicted octanol–water partition coefficient (Wildman–Crippen LogP) is 6.73. The third-order valence-electron chi connectivity index (χ3n) is 6.26. The maximum absolute atomic E-state index is 13.2. The molecule has 1 fully saturated rings. The van der Waals surface area contributed by atoms with Crippen molar-refractivity contribution in [1.82, 2.24) is 9.97 Å². The second-order valence-electron chi connectivity index (χ2n) is 8.76. The lowest BCUT2D eigenvalue weighted by Gasteiger charge is -2.35. The summed E-state index contributed by atoms with van der Waals surface area (Å²) in [7, 11) is 0. The first-order valence-corrected chi connectivity index (χ1v) is 12.5. The van der Waals surface area contributed by atoms with Gasteiger partial charge in [0.05, 0.1) is 10.3 Å². The molecule has 1 aliphatic heterocycles. The number of aromatic nitrogens is 2. The molecular weight excluding hydrogens is 444 g/mol. The molecule has 1 atom stereocenters. The van der Waals surface area contributed by atoms with E-state index in [0.29, 0.717) is 16.7 Å². The smallest absolute Gasteiger partial charge is 0.266 e. The van der Waals surface area contributed by atoms with Crippen LogP contribution in [0.5, 0.6) is 11.5 Å². The van der Waals surface area contributed by atoms with Crippen molar-refractivity contribution in [2.24, 2.45) is 0 Å². The molecule has 34 heavy (non-hydrogen) atoms. The molecule has 0 spiro atoms. The highest BCUT2D eigenvalue weighted by Crippen LogP contribution is 2.38. The molecule has 6 nitrogen and oxygen atoms in total. The van der Waals surface area contributed by atoms with Gasteiger partial charge in [0.25, 0.3) is 5.91 Å². The Morgan fingerprint density at radius 2 is 1.76 bits per heavy atom. The van der Waals surface area contributed by atoms with Crippen molar-refractivity contribution in [3.05, 3.63) is 70.9 Å². The van der Waals surface area contributed by atoms with Crippen LogP contribution in [0.4, 0.5) is 11.5 Å². The number of para-hydroxylation sites is 1. The summed E-state index contributed by atoms with van der Waals surface area (Å²) in [6.07, 6.45) is 3.57. The van der Waals surface area contributed by atoms with Crippen LogP contribution in [0.3, 0.4) is 0 Å². The molecule has 0 bridgehead atoms. The molecule has 1 amide bonds. The Kier molecular flexibility index (Phi) is 6.20. The third-order valence-corrected chi connectivity index (χ3v) is 7.44. The van der Waals surface area contributed by atoms with Crippen molar-refractivity contribution in [2.75, 3.05) is 16.8 Å². The zero-order valence-corrected chi connectivity index (χ0v) is 20.5. The summed E-state index contributed by atoms with van der Waals surface area (Å²) in [4.78, 5) is 26.6. The van der Waals surface area contributed by atoms with E-state index < -0.39 is 0 Å². The lowest BCUT2D eigenvalue weighted by Crippen LogP contribution is -2.38. The molecule has 1 N–H and O–H groups in total. The lowest BCUT2D eigenvalue weighted by molar-refractivity contribution is 0.103. The zero-order valence-electron chi connectivity index (χ0n) is 19.7. The Balaban J connectivity index is 1.39. The molecule has 0 unspecified atom stereocenters. The molecule has 4 aromatic rings. The number of piperidine rings is 1. The quantitative estimate of drug-likeness (QED) is 0.349. The average molecular weight is 473 g/mol. The van der Waals surface area contributed by atoms with Crippen molar-refractivity contribution in [3.8, 4) is 11.5 Å². The Bertz CT molecular complexity index is 1320. The first-order valence-electron chi connectivity index (χ1n) is 11.7. The van der Waals surface area contributed by atoms with Crippen molar-refractivity contribution < 1.29 is 9.53 Å². The van der Waals surface area contributed by atoms with Crippen LogP contribution in [0.15, 0.2) is 54.6 Å². The van der Waals surface area contributed by atoms with E-state index in [1.165, 1.54) is 17.8 Å². The first-order chi connectivity index (χ1) is 16.5. The highest BCUT2D eigenvalue weighted by molar-refractivity contribution is 7.20. The number of carbonyl (C=O) groups excluding carboxylic acids is 1. The van der Waals surface area contributed by atoms with Gasteiger partial charge in [0, 0.05) is 18.3 Å². The van der Waals surface area contributed by atoms with Crippen molar-refractivity contribution in [3.63, 3.8) is 0 Å². The molecule has 2 aromatic carbocycles. The monoisotopic (exact) mass is 472 g/mol. The number of rotatable bonds is 5. The molecule has 2 aromatic heterocycles. The summed E-state index contributed by atoms with van der Waals surface area (Å²) in [6, 6.07) is 17.5. The molecule has 1 aliphatic rings. The first kappa shape index (κ1) is 22.3. The number of amides is 1. The van der Waals surface area contributed by atoms with Crippen LogP contribution in [-0.4, -0.2) is 28.5 Å². The van der Waals surface area contributed by atoms with E-state index in [0.717, 1.165) is 58.2 Å². The van der Waals surface area contributed by atoms with Gasteiger partial charge in [0.2, 0.25) is 0 Å². The third kappa shape index (κ3) is 4.48. The number of thiophene rings is 1. The van der Waals surface area contributed by atoms with Crippen molar-refractivity contribution >= 4 is 39.0 Å². The van der Waals surface area contributed by atoms with E-state index in [1.807, 2.05) is 68.4 Å². The fraction of sp³-hybridized carbons (Fsp3) is 0.296. The number of benzene rings is 2. The number of fused-ring (bicyclic) bond motifs is 1. The van der Waals surface area contributed by atoms with Gasteiger partial charge in [0.15, 0.2) is 0 Å². The number of hydrogen-bond acceptors (Lipinski definition) is 6. The summed E-state index contributed by atoms with van der Waals surface area (Å²) in [5.74, 6) is 3.06. The molecule has 5 rings (SSSR count). The van der Waals surface area contributed by atoms with Gasteiger partial charge in [-0.25, -0.2) is 9.97 Å². The fourth-order valence-corrected chi connectivity index (χ4v) is 5.59. The van der Waals surface area contributed by atoms with Gasteiger partial charge in [-0.1, -0.05) is 18.2 Å². The van der Waals surface area contributed by atoms with Crippen LogP contribution in [0.2, 0.25) is 0 Å². The summed E-state index contributed by atoms with van der Waals surface area (Å²) in [6.45, 7) is 7.16. The Hall–Kier alpha value is -3.45. The van der Waals surface area contributed by atoms with Crippen molar-refractivity contribution in [1.29, 1.82) is 0 Å². The summed E-state index contributed by atoms with van der Waals surface area (Å²) in [5, 5.41) is 4.03. The molecule has 0 saturated carbocycles. The van der Waals surface area contributed by atoms with Gasteiger partial charge in [-0.3, -0.25) is 4.79 Å². The summed E-state index contributed by atoms with van der Waals surface area (Å²) >= 11 is 1.44. The Labute approximate surface area is 203 Å². The van der Waals surface area contributed by atoms with Crippen LogP contribution in [0, 0.1) is 13.8 Å². The van der Waals surface area contributed by atoms with Crippen LogP contribution in [0.25, 0.3) is 10.2 Å². The number of carbonyl (C=O) groups is 1. The number of ether oxygens (including phenoxy) is 1. The normalized spacial score (nSPS) is 16.0. The van der Waals surface area contributed by atoms with E-state index in [-0.39, 0.29) is 5.91 Å². The van der Waals surface area contributed by atoms with E-state index in [4.69, 9.17) is 9.72 Å². The second kappa shape index (κ2) is 9.43. The number of hydrogen-bond donors (Lipinski definition) is 1. The minimum atomic E-state index is -0.132. The molecule has 3 heterocycles. The molecular formula is C27H28N4O2S. The average Bonchev–Trinajstić information content (AvgIpc) is 3.17. The van der Waals surface area contributed by atoms with Crippen LogP contribution < -0.4 is 15.0 Å². The number of anilines is 2. The van der Waals surface area contributed by atoms with E-state index in [2.05, 4.69) is 22.1 Å². The zero-order chi connectivity index (χ0) is 23.7. The number of nitrogens with one attached hydrogen (secondary N) is 1. The maximum Gasteiger partial charge on any atom is 0.266 e. The molecule has 0 aliphatic carbocycles. The van der Waals surface area contributed by atoms with Crippen LogP contribution in [0.1, 0.15) is 47.2 Å². The van der Waals surface area contributed by atoms with Crippen molar-refractivity contribution in [2.45, 2.75) is 46.1 Å². The van der Waals surface area contributed by atoms with Gasteiger partial charge in [-0.05, 0) is 82.0 Å². The summed E-state index contributed by atoms with van der Waals surface area (Å²) in [5.41, 5.74) is 1.66. The minimum absolute atomic E-state index is 0.132. The van der Waals surface area contributed by atoms with E-state index in [9.17, 15) is 4.79 Å². The topological polar surface area (TPSA) is 67.4 Å². The summed E-state index contributed by atoms with van der Waals surface area (Å²) < 4.78 is 5.84. The maximum atomic E-state index is 13.2. The van der Waals surface area contributed by atoms with Gasteiger partial charge in [0.1, 0.15) is 28.0 Å². The SMILES string of the molecule is Cc1nc(N2CCCC[C@@H]2C)c2c(C)c(C(=O)Nc3ccc(Oc4ccccc4)cc3)sc2n1. The van der Waals surface area contributed by atoms with Gasteiger partial charge >= 0.3 is 0 Å². The predicted molar refractivity (Wildman–Crippen MR) is 138 cm³/mol. The number of nitrogens with zero attached hydrogens (tertiary/aromatic N) is 3. The highest BCUT2D eigenvalue weighted by Gasteiger charge is 2.26. The van der Waals surface area contributed by atoms with E-state index >= 15 is 0 Å². The van der Waals surface area contributed by atoms with Crippen LogP contribution in [-0.2, 0) is 0 Å². The minimum Gasteiger partial charge on any atom is -0.457 e. The van der Waals surface area contributed by atoms with Gasteiger partial charge in [-0.15, -0.1) is 11.3 Å².